The summed E-state index contributed by atoms with van der Waals surface area (Å²) in [7, 11) is 1.53. The van der Waals surface area contributed by atoms with Gasteiger partial charge in [-0.1, -0.05) is 18.2 Å². The van der Waals surface area contributed by atoms with Crippen LogP contribution in [0, 0.1) is 0 Å². The van der Waals surface area contributed by atoms with Gasteiger partial charge in [-0.2, -0.15) is 18.3 Å². The number of fused-ring (bicyclic) bond motifs is 2. The van der Waals surface area contributed by atoms with E-state index in [1.807, 2.05) is 18.2 Å². The molecule has 0 unspecified atom stereocenters. The highest BCUT2D eigenvalue weighted by Crippen LogP contribution is 2.43. The Bertz CT molecular complexity index is 1190. The Hall–Kier alpha value is -3.49. The fourth-order valence-electron chi connectivity index (χ4n) is 4.58. The molecule has 2 heterocycles. The Morgan fingerprint density at radius 2 is 1.88 bits per heavy atom. The minimum Gasteiger partial charge on any atom is -0.497 e. The number of rotatable bonds is 4. The van der Waals surface area contributed by atoms with Crippen LogP contribution >= 0.6 is 0 Å². The molecule has 0 radical (unpaired) electrons. The van der Waals surface area contributed by atoms with Crippen LogP contribution < -0.4 is 15.4 Å². The van der Waals surface area contributed by atoms with Gasteiger partial charge in [-0.15, -0.1) is 0 Å². The van der Waals surface area contributed by atoms with Gasteiger partial charge in [0.2, 0.25) is 0 Å². The van der Waals surface area contributed by atoms with E-state index in [4.69, 9.17) is 4.74 Å². The Labute approximate surface area is 188 Å². The smallest absolute Gasteiger partial charge is 0.410 e. The maximum atomic E-state index is 13.9. The Morgan fingerprint density at radius 3 is 2.61 bits per heavy atom. The van der Waals surface area contributed by atoms with Crippen LogP contribution in [0.25, 0.3) is 0 Å². The lowest BCUT2D eigenvalue weighted by atomic mass is 9.97. The van der Waals surface area contributed by atoms with Crippen molar-refractivity contribution in [2.24, 2.45) is 0 Å². The third kappa shape index (κ3) is 4.15. The van der Waals surface area contributed by atoms with Crippen LogP contribution in [0.1, 0.15) is 52.1 Å². The number of carbonyl (C=O) groups excluding carboxylic acids is 1. The summed E-state index contributed by atoms with van der Waals surface area (Å²) in [6, 6.07) is 11.5. The molecular weight excluding hydrogens is 433 g/mol. The molecule has 172 valence electrons. The number of alkyl halides is 3. The molecule has 5 rings (SSSR count). The number of anilines is 2. The van der Waals surface area contributed by atoms with Crippen molar-refractivity contribution in [2.75, 3.05) is 17.7 Å². The molecule has 2 N–H and O–H groups in total. The normalized spacial score (nSPS) is 19.4. The SMILES string of the molecule is COc1ccc([C@H]2C[C@H](C(F)(F)F)n3nc(C(=O)Nc4ccc5c(c4)CCC5)cc3N2)cc1. The quantitative estimate of drug-likeness (QED) is 0.560. The minimum atomic E-state index is -4.51. The van der Waals surface area contributed by atoms with Crippen molar-refractivity contribution in [2.45, 2.75) is 43.9 Å². The molecule has 3 aromatic rings. The van der Waals surface area contributed by atoms with Crippen LogP contribution in [0.2, 0.25) is 0 Å². The van der Waals surface area contributed by atoms with Gasteiger partial charge in [-0.05, 0) is 60.2 Å². The lowest BCUT2D eigenvalue weighted by Crippen LogP contribution is -2.35. The van der Waals surface area contributed by atoms with E-state index in [1.165, 1.54) is 24.3 Å². The summed E-state index contributed by atoms with van der Waals surface area (Å²) < 4.78 is 47.7. The monoisotopic (exact) mass is 456 g/mol. The average molecular weight is 456 g/mol. The largest absolute Gasteiger partial charge is 0.497 e. The molecule has 2 aromatic carbocycles. The number of hydrogen-bond donors (Lipinski definition) is 2. The summed E-state index contributed by atoms with van der Waals surface area (Å²) in [5.74, 6) is 0.236. The number of aromatic nitrogens is 2. The second-order valence-corrected chi connectivity index (χ2v) is 8.41. The summed E-state index contributed by atoms with van der Waals surface area (Å²) >= 11 is 0. The van der Waals surface area contributed by atoms with Crippen LogP contribution in [0.3, 0.4) is 0 Å². The van der Waals surface area contributed by atoms with Gasteiger partial charge in [0.1, 0.15) is 11.6 Å². The summed E-state index contributed by atoms with van der Waals surface area (Å²) in [6.45, 7) is 0. The van der Waals surface area contributed by atoms with Gasteiger partial charge in [0.05, 0.1) is 13.2 Å². The van der Waals surface area contributed by atoms with Gasteiger partial charge < -0.3 is 15.4 Å². The molecule has 0 saturated carbocycles. The van der Waals surface area contributed by atoms with Gasteiger partial charge in [0, 0.05) is 18.2 Å². The first-order valence-electron chi connectivity index (χ1n) is 10.8. The number of ether oxygens (including phenoxy) is 1. The fourth-order valence-corrected chi connectivity index (χ4v) is 4.58. The molecule has 9 heteroatoms. The van der Waals surface area contributed by atoms with Crippen molar-refractivity contribution in [1.29, 1.82) is 0 Å². The highest BCUT2D eigenvalue weighted by molar-refractivity contribution is 6.03. The number of hydrogen-bond acceptors (Lipinski definition) is 4. The van der Waals surface area contributed by atoms with Gasteiger partial charge in [-0.25, -0.2) is 4.68 Å². The number of amides is 1. The van der Waals surface area contributed by atoms with Crippen LogP contribution in [0.15, 0.2) is 48.5 Å². The highest BCUT2D eigenvalue weighted by Gasteiger charge is 2.46. The van der Waals surface area contributed by atoms with E-state index >= 15 is 0 Å². The first-order valence-corrected chi connectivity index (χ1v) is 10.8. The number of benzene rings is 2. The van der Waals surface area contributed by atoms with E-state index in [0.29, 0.717) is 17.0 Å². The van der Waals surface area contributed by atoms with Crippen molar-refractivity contribution in [3.63, 3.8) is 0 Å². The number of nitrogens with one attached hydrogen (secondary N) is 2. The first kappa shape index (κ1) is 21.4. The van der Waals surface area contributed by atoms with Crippen molar-refractivity contribution < 1.29 is 22.7 Å². The van der Waals surface area contributed by atoms with E-state index < -0.39 is 24.2 Å². The number of nitrogens with zero attached hydrogens (tertiary/aromatic N) is 2. The summed E-state index contributed by atoms with van der Waals surface area (Å²) in [5, 5.41) is 9.90. The molecule has 0 fully saturated rings. The molecule has 0 spiro atoms. The predicted molar refractivity (Wildman–Crippen MR) is 118 cm³/mol. The second-order valence-electron chi connectivity index (χ2n) is 8.41. The van der Waals surface area contributed by atoms with Crippen LogP contribution in [-0.4, -0.2) is 29.0 Å². The Balaban J connectivity index is 1.41. The van der Waals surface area contributed by atoms with Gasteiger partial charge in [-0.3, -0.25) is 4.79 Å². The van der Waals surface area contributed by atoms with E-state index in [1.54, 1.807) is 24.3 Å². The maximum Gasteiger partial charge on any atom is 0.410 e. The van der Waals surface area contributed by atoms with E-state index in [0.717, 1.165) is 23.9 Å². The molecule has 6 nitrogen and oxygen atoms in total. The molecule has 0 saturated heterocycles. The average Bonchev–Trinajstić information content (AvgIpc) is 3.44. The minimum absolute atomic E-state index is 0.0670. The molecule has 2 atom stereocenters. The molecule has 1 aromatic heterocycles. The van der Waals surface area contributed by atoms with E-state index in [2.05, 4.69) is 15.7 Å². The lowest BCUT2D eigenvalue weighted by molar-refractivity contribution is -0.173. The second kappa shape index (κ2) is 8.13. The van der Waals surface area contributed by atoms with Crippen molar-refractivity contribution in [3.05, 3.63) is 70.9 Å². The molecule has 1 aliphatic heterocycles. The first-order chi connectivity index (χ1) is 15.8. The van der Waals surface area contributed by atoms with Crippen molar-refractivity contribution in [1.82, 2.24) is 9.78 Å². The van der Waals surface area contributed by atoms with E-state index in [-0.39, 0.29) is 17.9 Å². The van der Waals surface area contributed by atoms with Crippen molar-refractivity contribution >= 4 is 17.4 Å². The van der Waals surface area contributed by atoms with E-state index in [9.17, 15) is 18.0 Å². The molecular formula is C24H23F3N4O2. The maximum absolute atomic E-state index is 13.9. The summed E-state index contributed by atoms with van der Waals surface area (Å²) in [4.78, 5) is 12.8. The fraction of sp³-hybridized carbons (Fsp3) is 0.333. The molecule has 1 amide bonds. The molecule has 0 bridgehead atoms. The Kier molecular flexibility index (Phi) is 5.26. The van der Waals surface area contributed by atoms with Crippen LogP contribution in [-0.2, 0) is 12.8 Å². The zero-order chi connectivity index (χ0) is 23.2. The summed E-state index contributed by atoms with van der Waals surface area (Å²) in [5.41, 5.74) is 3.71. The topological polar surface area (TPSA) is 68.2 Å². The predicted octanol–water partition coefficient (Wildman–Crippen LogP) is 5.29. The standard InChI is InChI=1S/C24H23F3N4O2/c1-33-18-9-6-15(7-10-18)19-12-21(24(25,26)27)31-22(29-19)13-20(30-31)23(32)28-17-8-5-14-3-2-4-16(14)11-17/h5-11,13,19,21,29H,2-4,12H2,1H3,(H,28,32)/t19-,21-/m1/s1. The summed E-state index contributed by atoms with van der Waals surface area (Å²) in [6.07, 6.45) is -1.68. The number of aryl methyl sites for hydroxylation is 2. The zero-order valence-electron chi connectivity index (χ0n) is 17.9. The van der Waals surface area contributed by atoms with Crippen molar-refractivity contribution in [3.8, 4) is 5.75 Å². The Morgan fingerprint density at radius 1 is 1.12 bits per heavy atom. The van der Waals surface area contributed by atoms with Gasteiger partial charge in [0.15, 0.2) is 11.7 Å². The van der Waals surface area contributed by atoms with Crippen LogP contribution in [0.5, 0.6) is 5.75 Å². The third-order valence-electron chi connectivity index (χ3n) is 6.30. The zero-order valence-corrected chi connectivity index (χ0v) is 17.9. The number of methoxy groups -OCH3 is 1. The lowest BCUT2D eigenvalue weighted by Gasteiger charge is -2.33. The molecule has 33 heavy (non-hydrogen) atoms. The van der Waals surface area contributed by atoms with Crippen LogP contribution in [0.4, 0.5) is 24.7 Å². The number of carbonyl (C=O) groups is 1. The third-order valence-corrected chi connectivity index (χ3v) is 6.30. The molecule has 1 aliphatic carbocycles. The molecule has 2 aliphatic rings. The number of halogens is 3. The van der Waals surface area contributed by atoms with Gasteiger partial charge >= 0.3 is 6.18 Å². The van der Waals surface area contributed by atoms with Gasteiger partial charge in [0.25, 0.3) is 5.91 Å². The highest BCUT2D eigenvalue weighted by atomic mass is 19.4.